The molecule has 1 aliphatic rings. The zero-order chi connectivity index (χ0) is 15.6. The Kier molecular flexibility index (Phi) is 4.50. The SMILES string of the molecule is CCCN(CC1CC1)C(=O)c1cc(F)cc([N+](=O)[O-])c1F. The van der Waals surface area contributed by atoms with Crippen molar-refractivity contribution in [2.75, 3.05) is 13.1 Å². The van der Waals surface area contributed by atoms with Gasteiger partial charge in [-0.15, -0.1) is 0 Å². The first kappa shape index (κ1) is 15.3. The van der Waals surface area contributed by atoms with Gasteiger partial charge in [0.05, 0.1) is 16.6 Å². The minimum Gasteiger partial charge on any atom is -0.338 e. The van der Waals surface area contributed by atoms with Gasteiger partial charge in [-0.1, -0.05) is 6.92 Å². The first-order valence-electron chi connectivity index (χ1n) is 6.86. The van der Waals surface area contributed by atoms with Crippen molar-refractivity contribution in [2.45, 2.75) is 26.2 Å². The predicted molar refractivity (Wildman–Crippen MR) is 71.9 cm³/mol. The van der Waals surface area contributed by atoms with Crippen molar-refractivity contribution in [3.63, 3.8) is 0 Å². The summed E-state index contributed by atoms with van der Waals surface area (Å²) < 4.78 is 27.5. The summed E-state index contributed by atoms with van der Waals surface area (Å²) in [6.45, 7) is 2.77. The molecular formula is C14H16F2N2O3. The minimum atomic E-state index is -1.27. The summed E-state index contributed by atoms with van der Waals surface area (Å²) in [5, 5.41) is 10.7. The van der Waals surface area contributed by atoms with Crippen molar-refractivity contribution >= 4 is 11.6 Å². The molecule has 21 heavy (non-hydrogen) atoms. The third kappa shape index (κ3) is 3.53. The summed E-state index contributed by atoms with van der Waals surface area (Å²) in [6.07, 6.45) is 2.70. The van der Waals surface area contributed by atoms with Crippen LogP contribution in [0.4, 0.5) is 14.5 Å². The lowest BCUT2D eigenvalue weighted by atomic mass is 10.1. The molecule has 0 aromatic heterocycles. The van der Waals surface area contributed by atoms with Crippen LogP contribution in [0.25, 0.3) is 0 Å². The topological polar surface area (TPSA) is 63.5 Å². The average Bonchev–Trinajstić information content (AvgIpc) is 3.23. The van der Waals surface area contributed by atoms with Gasteiger partial charge in [0.1, 0.15) is 5.82 Å². The normalized spacial score (nSPS) is 14.0. The third-order valence-corrected chi connectivity index (χ3v) is 3.40. The van der Waals surface area contributed by atoms with Crippen molar-refractivity contribution in [2.24, 2.45) is 5.92 Å². The molecule has 0 atom stereocenters. The molecule has 1 fully saturated rings. The van der Waals surface area contributed by atoms with Gasteiger partial charge in [0.15, 0.2) is 0 Å². The van der Waals surface area contributed by atoms with Crippen LogP contribution in [0.1, 0.15) is 36.5 Å². The minimum absolute atomic E-state index is 0.395. The van der Waals surface area contributed by atoms with Gasteiger partial charge in [-0.25, -0.2) is 4.39 Å². The van der Waals surface area contributed by atoms with Crippen LogP contribution in [0, 0.1) is 27.7 Å². The van der Waals surface area contributed by atoms with Crippen LogP contribution >= 0.6 is 0 Å². The van der Waals surface area contributed by atoms with Crippen LogP contribution in [0.2, 0.25) is 0 Å². The summed E-state index contributed by atoms with van der Waals surface area (Å²) in [5.74, 6) is -2.56. The molecule has 1 aromatic carbocycles. The van der Waals surface area contributed by atoms with Gasteiger partial charge in [0.25, 0.3) is 5.91 Å². The van der Waals surface area contributed by atoms with Crippen molar-refractivity contribution in [1.82, 2.24) is 4.90 Å². The fraction of sp³-hybridized carbons (Fsp3) is 0.500. The van der Waals surface area contributed by atoms with Crippen molar-refractivity contribution in [3.05, 3.63) is 39.4 Å². The number of nitrogens with zero attached hydrogens (tertiary/aromatic N) is 2. The number of carbonyl (C=O) groups excluding carboxylic acids is 1. The van der Waals surface area contributed by atoms with Gasteiger partial charge in [0, 0.05) is 13.1 Å². The number of hydrogen-bond acceptors (Lipinski definition) is 3. The number of rotatable bonds is 6. The summed E-state index contributed by atoms with van der Waals surface area (Å²) in [7, 11) is 0. The number of amides is 1. The molecule has 0 saturated heterocycles. The molecule has 0 radical (unpaired) electrons. The highest BCUT2D eigenvalue weighted by atomic mass is 19.1. The van der Waals surface area contributed by atoms with E-state index in [1.807, 2.05) is 6.92 Å². The number of nitro benzene ring substituents is 1. The Hall–Kier alpha value is -2.05. The first-order chi connectivity index (χ1) is 9.93. The van der Waals surface area contributed by atoms with Crippen LogP contribution in [0.5, 0.6) is 0 Å². The number of benzene rings is 1. The molecule has 0 bridgehead atoms. The molecule has 0 unspecified atom stereocenters. The molecule has 2 rings (SSSR count). The lowest BCUT2D eigenvalue weighted by Gasteiger charge is -2.22. The average molecular weight is 298 g/mol. The smallest absolute Gasteiger partial charge is 0.308 e. The van der Waals surface area contributed by atoms with Gasteiger partial charge in [-0.05, 0) is 31.2 Å². The molecule has 5 nitrogen and oxygen atoms in total. The van der Waals surface area contributed by atoms with Crippen LogP contribution in [0.3, 0.4) is 0 Å². The van der Waals surface area contributed by atoms with E-state index >= 15 is 0 Å². The Morgan fingerprint density at radius 2 is 2.10 bits per heavy atom. The quantitative estimate of drug-likeness (QED) is 0.598. The van der Waals surface area contributed by atoms with E-state index in [0.717, 1.165) is 18.9 Å². The van der Waals surface area contributed by atoms with Gasteiger partial charge in [-0.2, -0.15) is 4.39 Å². The van der Waals surface area contributed by atoms with Crippen molar-refractivity contribution in [3.8, 4) is 0 Å². The summed E-state index contributed by atoms with van der Waals surface area (Å²) in [6, 6.07) is 1.21. The summed E-state index contributed by atoms with van der Waals surface area (Å²) in [4.78, 5) is 23.5. The van der Waals surface area contributed by atoms with Gasteiger partial charge in [-0.3, -0.25) is 14.9 Å². The number of carbonyl (C=O) groups is 1. The highest BCUT2D eigenvalue weighted by molar-refractivity contribution is 5.95. The Morgan fingerprint density at radius 1 is 1.43 bits per heavy atom. The molecule has 0 aliphatic heterocycles. The third-order valence-electron chi connectivity index (χ3n) is 3.40. The Labute approximate surface area is 120 Å². The van der Waals surface area contributed by atoms with Crippen LogP contribution in [-0.2, 0) is 0 Å². The molecule has 7 heteroatoms. The van der Waals surface area contributed by atoms with E-state index in [-0.39, 0.29) is 0 Å². The fourth-order valence-corrected chi connectivity index (χ4v) is 2.19. The highest BCUT2D eigenvalue weighted by Gasteiger charge is 2.30. The molecule has 1 amide bonds. The highest BCUT2D eigenvalue weighted by Crippen LogP contribution is 2.31. The second-order valence-corrected chi connectivity index (χ2v) is 5.24. The zero-order valence-corrected chi connectivity index (χ0v) is 11.6. The van der Waals surface area contributed by atoms with E-state index in [0.29, 0.717) is 31.5 Å². The first-order valence-corrected chi connectivity index (χ1v) is 6.86. The van der Waals surface area contributed by atoms with Gasteiger partial charge in [0.2, 0.25) is 5.82 Å². The molecular weight excluding hydrogens is 282 g/mol. The van der Waals surface area contributed by atoms with Crippen LogP contribution in [-0.4, -0.2) is 28.8 Å². The zero-order valence-electron chi connectivity index (χ0n) is 11.6. The maximum absolute atomic E-state index is 14.1. The summed E-state index contributed by atoms with van der Waals surface area (Å²) >= 11 is 0. The molecule has 0 N–H and O–H groups in total. The van der Waals surface area contributed by atoms with E-state index in [2.05, 4.69) is 0 Å². The molecule has 0 spiro atoms. The van der Waals surface area contributed by atoms with E-state index in [1.165, 1.54) is 4.90 Å². The van der Waals surface area contributed by atoms with E-state index in [4.69, 9.17) is 0 Å². The van der Waals surface area contributed by atoms with Crippen molar-refractivity contribution in [1.29, 1.82) is 0 Å². The largest absolute Gasteiger partial charge is 0.338 e. The van der Waals surface area contributed by atoms with Gasteiger partial charge < -0.3 is 4.90 Å². The van der Waals surface area contributed by atoms with Gasteiger partial charge >= 0.3 is 5.69 Å². The maximum Gasteiger partial charge on any atom is 0.308 e. The molecule has 0 heterocycles. The van der Waals surface area contributed by atoms with E-state index in [9.17, 15) is 23.7 Å². The Bertz CT molecular complexity index is 574. The molecule has 1 saturated carbocycles. The number of hydrogen-bond donors (Lipinski definition) is 0. The van der Waals surface area contributed by atoms with E-state index < -0.39 is 33.7 Å². The van der Waals surface area contributed by atoms with Crippen LogP contribution < -0.4 is 0 Å². The molecule has 114 valence electrons. The van der Waals surface area contributed by atoms with E-state index in [1.54, 1.807) is 0 Å². The van der Waals surface area contributed by atoms with Crippen molar-refractivity contribution < 1.29 is 18.5 Å². The number of halogens is 2. The monoisotopic (exact) mass is 298 g/mol. The maximum atomic E-state index is 14.1. The Balaban J connectivity index is 2.33. The fourth-order valence-electron chi connectivity index (χ4n) is 2.19. The molecule has 1 aliphatic carbocycles. The Morgan fingerprint density at radius 3 is 2.62 bits per heavy atom. The second-order valence-electron chi connectivity index (χ2n) is 5.24. The summed E-state index contributed by atoms with van der Waals surface area (Å²) in [5.41, 5.74) is -1.59. The lowest BCUT2D eigenvalue weighted by molar-refractivity contribution is -0.387. The lowest BCUT2D eigenvalue weighted by Crippen LogP contribution is -2.34. The number of nitro groups is 1. The second kappa shape index (κ2) is 6.15. The standard InChI is InChI=1S/C14H16F2N2O3/c1-2-5-17(8-9-3-4-9)14(19)11-6-10(15)7-12(13(11)16)18(20)21/h6-7,9H,2-5,8H2,1H3. The molecule has 1 aromatic rings. The van der Waals surface area contributed by atoms with Crippen LogP contribution in [0.15, 0.2) is 12.1 Å². The predicted octanol–water partition coefficient (Wildman–Crippen LogP) is 3.14.